The Labute approximate surface area is 105 Å². The van der Waals surface area contributed by atoms with Crippen molar-refractivity contribution in [3.63, 3.8) is 0 Å². The summed E-state index contributed by atoms with van der Waals surface area (Å²) in [7, 11) is 0. The van der Waals surface area contributed by atoms with Crippen LogP contribution in [0.3, 0.4) is 0 Å². The first-order valence-corrected chi connectivity index (χ1v) is 6.14. The predicted molar refractivity (Wildman–Crippen MR) is 70.4 cm³/mol. The zero-order valence-corrected chi connectivity index (χ0v) is 11.2. The number of anilines is 1. The van der Waals surface area contributed by atoms with Crippen molar-refractivity contribution in [1.29, 1.82) is 0 Å². The molecule has 0 heterocycles. The SMILES string of the molecule is CCC(N)CC(=O)Nc1cccc(C)c1Br. The van der Waals surface area contributed by atoms with E-state index in [4.69, 9.17) is 5.73 Å². The molecule has 0 aliphatic carbocycles. The van der Waals surface area contributed by atoms with E-state index in [-0.39, 0.29) is 11.9 Å². The molecule has 1 rings (SSSR count). The number of nitrogens with one attached hydrogen (secondary N) is 1. The van der Waals surface area contributed by atoms with Crippen LogP contribution in [0.4, 0.5) is 5.69 Å². The molecule has 1 atom stereocenters. The second kappa shape index (κ2) is 6.01. The molecular formula is C12H17BrN2O. The van der Waals surface area contributed by atoms with Crippen LogP contribution in [0.2, 0.25) is 0 Å². The number of rotatable bonds is 4. The molecule has 0 spiro atoms. The fraction of sp³-hybridized carbons (Fsp3) is 0.417. The van der Waals surface area contributed by atoms with Gasteiger partial charge in [0.15, 0.2) is 0 Å². The lowest BCUT2D eigenvalue weighted by molar-refractivity contribution is -0.116. The summed E-state index contributed by atoms with van der Waals surface area (Å²) in [6.45, 7) is 3.96. The molecule has 0 bridgehead atoms. The highest BCUT2D eigenvalue weighted by Gasteiger charge is 2.10. The number of halogens is 1. The van der Waals surface area contributed by atoms with E-state index in [1.165, 1.54) is 0 Å². The fourth-order valence-electron chi connectivity index (χ4n) is 1.33. The van der Waals surface area contributed by atoms with E-state index in [0.717, 1.165) is 22.1 Å². The second-order valence-electron chi connectivity index (χ2n) is 3.86. The Kier molecular flexibility index (Phi) is 4.96. The van der Waals surface area contributed by atoms with Crippen molar-refractivity contribution >= 4 is 27.5 Å². The lowest BCUT2D eigenvalue weighted by Gasteiger charge is -2.11. The Morgan fingerprint density at radius 3 is 2.88 bits per heavy atom. The average molecular weight is 285 g/mol. The van der Waals surface area contributed by atoms with Gasteiger partial charge in [-0.15, -0.1) is 0 Å². The van der Waals surface area contributed by atoms with Crippen molar-refractivity contribution in [1.82, 2.24) is 0 Å². The van der Waals surface area contributed by atoms with Gasteiger partial charge in [-0.05, 0) is 40.9 Å². The summed E-state index contributed by atoms with van der Waals surface area (Å²) in [5.41, 5.74) is 7.62. The molecule has 3 nitrogen and oxygen atoms in total. The second-order valence-corrected chi connectivity index (χ2v) is 4.65. The normalized spacial score (nSPS) is 12.2. The molecule has 88 valence electrons. The molecule has 0 aromatic heterocycles. The summed E-state index contributed by atoms with van der Waals surface area (Å²) in [5, 5.41) is 2.85. The van der Waals surface area contributed by atoms with Crippen LogP contribution in [0.1, 0.15) is 25.3 Å². The van der Waals surface area contributed by atoms with Crippen molar-refractivity contribution in [2.75, 3.05) is 5.32 Å². The first-order chi connectivity index (χ1) is 7.54. The number of carbonyl (C=O) groups is 1. The van der Waals surface area contributed by atoms with Gasteiger partial charge in [-0.3, -0.25) is 4.79 Å². The molecule has 1 amide bonds. The molecule has 0 aliphatic rings. The maximum absolute atomic E-state index is 11.6. The van der Waals surface area contributed by atoms with Crippen LogP contribution in [-0.2, 0) is 4.79 Å². The fourth-order valence-corrected chi connectivity index (χ4v) is 1.69. The van der Waals surface area contributed by atoms with Crippen LogP contribution in [-0.4, -0.2) is 11.9 Å². The summed E-state index contributed by atoms with van der Waals surface area (Å²) in [5.74, 6) is -0.0411. The van der Waals surface area contributed by atoms with Gasteiger partial charge >= 0.3 is 0 Å². The van der Waals surface area contributed by atoms with Crippen molar-refractivity contribution in [3.05, 3.63) is 28.2 Å². The molecule has 1 aromatic rings. The summed E-state index contributed by atoms with van der Waals surface area (Å²) < 4.78 is 0.924. The first kappa shape index (κ1) is 13.2. The Hall–Kier alpha value is -0.870. The number of aryl methyl sites for hydroxylation is 1. The summed E-state index contributed by atoms with van der Waals surface area (Å²) in [6, 6.07) is 5.70. The van der Waals surface area contributed by atoms with Gasteiger partial charge < -0.3 is 11.1 Å². The van der Waals surface area contributed by atoms with Gasteiger partial charge in [-0.2, -0.15) is 0 Å². The monoisotopic (exact) mass is 284 g/mol. The average Bonchev–Trinajstić information content (AvgIpc) is 2.24. The highest BCUT2D eigenvalue weighted by Crippen LogP contribution is 2.25. The third-order valence-corrected chi connectivity index (χ3v) is 3.49. The van der Waals surface area contributed by atoms with Crippen LogP contribution in [0.5, 0.6) is 0 Å². The molecule has 4 heteroatoms. The Balaban J connectivity index is 2.66. The molecule has 1 aromatic carbocycles. The minimum atomic E-state index is -0.0661. The van der Waals surface area contributed by atoms with Gasteiger partial charge in [-0.1, -0.05) is 19.1 Å². The van der Waals surface area contributed by atoms with E-state index in [9.17, 15) is 4.79 Å². The van der Waals surface area contributed by atoms with Crippen LogP contribution < -0.4 is 11.1 Å². The number of amides is 1. The quantitative estimate of drug-likeness (QED) is 0.893. The Bertz CT molecular complexity index is 379. The third kappa shape index (κ3) is 3.61. The highest BCUT2D eigenvalue weighted by molar-refractivity contribution is 9.10. The molecule has 0 saturated heterocycles. The molecule has 0 aliphatic heterocycles. The molecule has 0 radical (unpaired) electrons. The zero-order valence-electron chi connectivity index (χ0n) is 9.59. The van der Waals surface area contributed by atoms with E-state index >= 15 is 0 Å². The number of nitrogens with two attached hydrogens (primary N) is 1. The smallest absolute Gasteiger partial charge is 0.225 e. The molecule has 0 fully saturated rings. The van der Waals surface area contributed by atoms with E-state index < -0.39 is 0 Å². The minimum Gasteiger partial charge on any atom is -0.327 e. The number of benzene rings is 1. The van der Waals surface area contributed by atoms with E-state index in [1.54, 1.807) is 0 Å². The topological polar surface area (TPSA) is 55.1 Å². The Morgan fingerprint density at radius 2 is 2.25 bits per heavy atom. The first-order valence-electron chi connectivity index (χ1n) is 5.35. The summed E-state index contributed by atoms with van der Waals surface area (Å²) in [6.07, 6.45) is 1.17. The van der Waals surface area contributed by atoms with Crippen molar-refractivity contribution in [2.24, 2.45) is 5.73 Å². The summed E-state index contributed by atoms with van der Waals surface area (Å²) in [4.78, 5) is 11.6. The van der Waals surface area contributed by atoms with Gasteiger partial charge in [-0.25, -0.2) is 0 Å². The van der Waals surface area contributed by atoms with Gasteiger partial charge in [0.1, 0.15) is 0 Å². The molecule has 0 saturated carbocycles. The van der Waals surface area contributed by atoms with E-state index in [0.29, 0.717) is 6.42 Å². The number of hydrogen-bond acceptors (Lipinski definition) is 2. The van der Waals surface area contributed by atoms with Crippen molar-refractivity contribution in [3.8, 4) is 0 Å². The third-order valence-electron chi connectivity index (χ3n) is 2.44. The molecule has 1 unspecified atom stereocenters. The molecular weight excluding hydrogens is 268 g/mol. The van der Waals surface area contributed by atoms with Crippen LogP contribution in [0.25, 0.3) is 0 Å². The standard InChI is InChI=1S/C12H17BrN2O/c1-3-9(14)7-11(16)15-10-6-4-5-8(2)12(10)13/h4-6,9H,3,7,14H2,1-2H3,(H,15,16). The van der Waals surface area contributed by atoms with Crippen LogP contribution in [0.15, 0.2) is 22.7 Å². The summed E-state index contributed by atoms with van der Waals surface area (Å²) >= 11 is 3.45. The maximum atomic E-state index is 11.6. The van der Waals surface area contributed by atoms with Crippen LogP contribution >= 0.6 is 15.9 Å². The largest absolute Gasteiger partial charge is 0.327 e. The van der Waals surface area contributed by atoms with Gasteiger partial charge in [0, 0.05) is 16.9 Å². The number of carbonyl (C=O) groups excluding carboxylic acids is 1. The minimum absolute atomic E-state index is 0.0411. The molecule has 16 heavy (non-hydrogen) atoms. The molecule has 3 N–H and O–H groups in total. The van der Waals surface area contributed by atoms with E-state index in [1.807, 2.05) is 32.0 Å². The van der Waals surface area contributed by atoms with Gasteiger partial charge in [0.05, 0.1) is 5.69 Å². The lowest BCUT2D eigenvalue weighted by atomic mass is 10.1. The van der Waals surface area contributed by atoms with E-state index in [2.05, 4.69) is 21.2 Å². The number of hydrogen-bond donors (Lipinski definition) is 2. The van der Waals surface area contributed by atoms with Crippen molar-refractivity contribution in [2.45, 2.75) is 32.7 Å². The zero-order chi connectivity index (χ0) is 12.1. The predicted octanol–water partition coefficient (Wildman–Crippen LogP) is 2.82. The van der Waals surface area contributed by atoms with Crippen molar-refractivity contribution < 1.29 is 4.79 Å². The lowest BCUT2D eigenvalue weighted by Crippen LogP contribution is -2.26. The Morgan fingerprint density at radius 1 is 1.56 bits per heavy atom. The van der Waals surface area contributed by atoms with Gasteiger partial charge in [0.25, 0.3) is 0 Å². The van der Waals surface area contributed by atoms with Gasteiger partial charge in [0.2, 0.25) is 5.91 Å². The highest BCUT2D eigenvalue weighted by atomic mass is 79.9. The van der Waals surface area contributed by atoms with Crippen LogP contribution in [0, 0.1) is 6.92 Å². The maximum Gasteiger partial charge on any atom is 0.225 e.